The number of pyridine rings is 1. The summed E-state index contributed by atoms with van der Waals surface area (Å²) in [4.78, 5) is 30.1. The molecule has 1 N–H and O–H groups in total. The van der Waals surface area contributed by atoms with E-state index < -0.39 is 11.9 Å². The first-order chi connectivity index (χ1) is 21.0. The standard InChI is InChI=1S/C34H29NO7S/c1-3-39-33(37)27-17-15-25(41-23-11-7-5-8-12-23)19-22(27)21-43-32-29-20-26(42-24-13-9-6-10-14-24)16-18-28(29)31(36)30(35-32)34(38)40-4-2/h5-20,36H,3-4,21H2,1-2H3. The second-order valence-corrected chi connectivity index (χ2v) is 10.2. The monoisotopic (exact) mass is 595 g/mol. The zero-order valence-electron chi connectivity index (χ0n) is 23.6. The van der Waals surface area contributed by atoms with Crippen LogP contribution in [0.25, 0.3) is 10.8 Å². The maximum atomic E-state index is 12.8. The second-order valence-electron chi connectivity index (χ2n) is 9.20. The second kappa shape index (κ2) is 13.8. The van der Waals surface area contributed by atoms with Gasteiger partial charge in [-0.25, -0.2) is 14.6 Å². The van der Waals surface area contributed by atoms with Crippen LogP contribution < -0.4 is 9.47 Å². The summed E-state index contributed by atoms with van der Waals surface area (Å²) in [5.41, 5.74) is 0.839. The molecule has 8 nitrogen and oxygen atoms in total. The van der Waals surface area contributed by atoms with Crippen molar-refractivity contribution in [3.8, 4) is 28.7 Å². The summed E-state index contributed by atoms with van der Waals surface area (Å²) in [6.45, 7) is 3.78. The number of fused-ring (bicyclic) bond motifs is 1. The molecule has 1 aromatic heterocycles. The number of benzene rings is 4. The number of nitrogens with zero attached hydrogens (tertiary/aromatic N) is 1. The number of carbonyl (C=O) groups excluding carboxylic acids is 2. The molecule has 0 amide bonds. The maximum absolute atomic E-state index is 12.8. The number of hydrogen-bond acceptors (Lipinski definition) is 9. The number of hydrogen-bond donors (Lipinski definition) is 1. The van der Waals surface area contributed by atoms with Crippen molar-refractivity contribution in [1.82, 2.24) is 4.98 Å². The zero-order chi connectivity index (χ0) is 30.2. The number of ether oxygens (including phenoxy) is 4. The quantitative estimate of drug-likeness (QED) is 0.120. The van der Waals surface area contributed by atoms with Crippen LogP contribution in [0.15, 0.2) is 102 Å². The van der Waals surface area contributed by atoms with Crippen molar-refractivity contribution in [3.05, 3.63) is 114 Å². The van der Waals surface area contributed by atoms with Crippen LogP contribution in [-0.2, 0) is 15.2 Å². The van der Waals surface area contributed by atoms with Gasteiger partial charge in [0.2, 0.25) is 0 Å². The van der Waals surface area contributed by atoms with Gasteiger partial charge in [-0.2, -0.15) is 0 Å². The molecular weight excluding hydrogens is 566 g/mol. The molecule has 5 aromatic rings. The fraction of sp³-hybridized carbons (Fsp3) is 0.147. The Labute approximate surface area is 253 Å². The van der Waals surface area contributed by atoms with Gasteiger partial charge < -0.3 is 24.1 Å². The highest BCUT2D eigenvalue weighted by Gasteiger charge is 2.22. The van der Waals surface area contributed by atoms with Crippen molar-refractivity contribution in [2.45, 2.75) is 24.6 Å². The van der Waals surface area contributed by atoms with Crippen LogP contribution in [0.3, 0.4) is 0 Å². The van der Waals surface area contributed by atoms with E-state index in [0.29, 0.717) is 49.9 Å². The summed E-state index contributed by atoms with van der Waals surface area (Å²) >= 11 is 1.29. The van der Waals surface area contributed by atoms with Crippen LogP contribution in [-0.4, -0.2) is 35.2 Å². The Morgan fingerprint density at radius 2 is 1.28 bits per heavy atom. The van der Waals surface area contributed by atoms with Crippen molar-refractivity contribution in [1.29, 1.82) is 0 Å². The summed E-state index contributed by atoms with van der Waals surface area (Å²) in [5.74, 6) is 1.16. The van der Waals surface area contributed by atoms with E-state index in [9.17, 15) is 14.7 Å². The summed E-state index contributed by atoms with van der Waals surface area (Å²) in [5, 5.41) is 12.4. The summed E-state index contributed by atoms with van der Waals surface area (Å²) in [6.07, 6.45) is 0. The zero-order valence-corrected chi connectivity index (χ0v) is 24.4. The fourth-order valence-corrected chi connectivity index (χ4v) is 5.33. The van der Waals surface area contributed by atoms with E-state index in [1.54, 1.807) is 50.2 Å². The van der Waals surface area contributed by atoms with Gasteiger partial charge in [-0.15, -0.1) is 11.8 Å². The van der Waals surface area contributed by atoms with E-state index >= 15 is 0 Å². The molecule has 0 bridgehead atoms. The predicted octanol–water partition coefficient (Wildman–Crippen LogP) is 8.17. The molecule has 0 aliphatic rings. The van der Waals surface area contributed by atoms with Gasteiger partial charge in [-0.1, -0.05) is 36.4 Å². The number of aromatic nitrogens is 1. The van der Waals surface area contributed by atoms with Crippen molar-refractivity contribution in [2.24, 2.45) is 0 Å². The van der Waals surface area contributed by atoms with Gasteiger partial charge in [0.1, 0.15) is 28.0 Å². The molecule has 0 saturated heterocycles. The summed E-state index contributed by atoms with van der Waals surface area (Å²) < 4.78 is 22.5. The van der Waals surface area contributed by atoms with E-state index in [0.717, 1.165) is 0 Å². The highest BCUT2D eigenvalue weighted by Crippen LogP contribution is 2.39. The number of esters is 2. The van der Waals surface area contributed by atoms with E-state index in [4.69, 9.17) is 18.9 Å². The van der Waals surface area contributed by atoms with E-state index in [1.807, 2.05) is 60.7 Å². The van der Waals surface area contributed by atoms with Gasteiger partial charge in [-0.3, -0.25) is 0 Å². The van der Waals surface area contributed by atoms with Crippen LogP contribution in [0.2, 0.25) is 0 Å². The Hall–Kier alpha value is -5.02. The Balaban J connectivity index is 1.54. The normalized spacial score (nSPS) is 10.7. The van der Waals surface area contributed by atoms with Crippen LogP contribution in [0.5, 0.6) is 28.7 Å². The Morgan fingerprint density at radius 1 is 0.698 bits per heavy atom. The molecule has 4 aromatic carbocycles. The van der Waals surface area contributed by atoms with Crippen molar-refractivity contribution >= 4 is 34.5 Å². The average molecular weight is 596 g/mol. The third-order valence-electron chi connectivity index (χ3n) is 6.28. The van der Waals surface area contributed by atoms with Gasteiger partial charge in [-0.05, 0) is 80.1 Å². The Kier molecular flexibility index (Phi) is 9.43. The topological polar surface area (TPSA) is 104 Å². The van der Waals surface area contributed by atoms with E-state index in [-0.39, 0.29) is 30.4 Å². The van der Waals surface area contributed by atoms with Crippen LogP contribution in [0.4, 0.5) is 0 Å². The van der Waals surface area contributed by atoms with Gasteiger partial charge in [0.15, 0.2) is 11.4 Å². The lowest BCUT2D eigenvalue weighted by Crippen LogP contribution is -2.09. The van der Waals surface area contributed by atoms with Gasteiger partial charge in [0.05, 0.1) is 18.8 Å². The molecule has 0 atom stereocenters. The number of rotatable bonds is 11. The first-order valence-electron chi connectivity index (χ1n) is 13.7. The van der Waals surface area contributed by atoms with Gasteiger partial charge in [0.25, 0.3) is 0 Å². The largest absolute Gasteiger partial charge is 0.505 e. The fourth-order valence-electron chi connectivity index (χ4n) is 4.32. The lowest BCUT2D eigenvalue weighted by molar-refractivity contribution is 0.0509. The molecule has 0 unspecified atom stereocenters. The molecule has 0 radical (unpaired) electrons. The number of carbonyl (C=O) groups is 2. The predicted molar refractivity (Wildman–Crippen MR) is 164 cm³/mol. The molecule has 0 spiro atoms. The molecule has 43 heavy (non-hydrogen) atoms. The first kappa shape index (κ1) is 29.5. The SMILES string of the molecule is CCOC(=O)c1ccc(Oc2ccccc2)cc1CSc1nc(C(=O)OCC)c(O)c2ccc(Oc3ccccc3)cc12. The lowest BCUT2D eigenvalue weighted by Gasteiger charge is -2.15. The van der Waals surface area contributed by atoms with Gasteiger partial charge in [0, 0.05) is 16.5 Å². The smallest absolute Gasteiger partial charge is 0.360 e. The third-order valence-corrected chi connectivity index (χ3v) is 7.32. The molecular formula is C34H29NO7S. The molecule has 218 valence electrons. The first-order valence-corrected chi connectivity index (χ1v) is 14.7. The van der Waals surface area contributed by atoms with Crippen molar-refractivity contribution < 1.29 is 33.6 Å². The highest BCUT2D eigenvalue weighted by atomic mass is 32.2. The summed E-state index contributed by atoms with van der Waals surface area (Å²) in [6, 6.07) is 28.9. The minimum Gasteiger partial charge on any atom is -0.505 e. The minimum absolute atomic E-state index is 0.126. The van der Waals surface area contributed by atoms with Crippen LogP contribution in [0.1, 0.15) is 40.3 Å². The molecule has 0 aliphatic carbocycles. The molecule has 0 fully saturated rings. The van der Waals surface area contributed by atoms with Crippen LogP contribution >= 0.6 is 11.8 Å². The Bertz CT molecular complexity index is 1740. The summed E-state index contributed by atoms with van der Waals surface area (Å²) in [7, 11) is 0. The molecule has 5 rings (SSSR count). The van der Waals surface area contributed by atoms with Gasteiger partial charge >= 0.3 is 11.9 Å². The number of aromatic hydroxyl groups is 1. The minimum atomic E-state index is -0.737. The third kappa shape index (κ3) is 7.07. The maximum Gasteiger partial charge on any atom is 0.360 e. The Morgan fingerprint density at radius 3 is 1.91 bits per heavy atom. The van der Waals surface area contributed by atoms with E-state index in [2.05, 4.69) is 4.98 Å². The van der Waals surface area contributed by atoms with Crippen molar-refractivity contribution in [2.75, 3.05) is 13.2 Å². The number of para-hydroxylation sites is 2. The van der Waals surface area contributed by atoms with Crippen LogP contribution in [0, 0.1) is 0 Å². The molecule has 0 aliphatic heterocycles. The molecule has 0 saturated carbocycles. The van der Waals surface area contributed by atoms with Crippen molar-refractivity contribution in [3.63, 3.8) is 0 Å². The lowest BCUT2D eigenvalue weighted by atomic mass is 10.1. The van der Waals surface area contributed by atoms with E-state index in [1.165, 1.54) is 11.8 Å². The molecule has 1 heterocycles. The molecule has 9 heteroatoms. The highest BCUT2D eigenvalue weighted by molar-refractivity contribution is 7.98. The average Bonchev–Trinajstić information content (AvgIpc) is 3.02. The number of thioether (sulfide) groups is 1.